The minimum absolute atomic E-state index is 0.220. The molecule has 6 nitrogen and oxygen atoms in total. The molecule has 0 amide bonds. The molecular weight excluding hydrogens is 338 g/mol. The maximum atomic E-state index is 11.4. The van der Waals surface area contributed by atoms with Crippen LogP contribution in [0.2, 0.25) is 5.02 Å². The van der Waals surface area contributed by atoms with Crippen molar-refractivity contribution in [2.75, 3.05) is 5.43 Å². The van der Waals surface area contributed by atoms with E-state index in [1.54, 1.807) is 13.1 Å². The topological polar surface area (TPSA) is 75.1 Å². The van der Waals surface area contributed by atoms with Crippen LogP contribution in [0.5, 0.6) is 0 Å². The van der Waals surface area contributed by atoms with Gasteiger partial charge in [0.1, 0.15) is 0 Å². The molecule has 1 aromatic carbocycles. The van der Waals surface area contributed by atoms with Crippen molar-refractivity contribution in [1.29, 1.82) is 0 Å². The molecule has 128 valence electrons. The Hall–Kier alpha value is -2.86. The summed E-state index contributed by atoms with van der Waals surface area (Å²) in [4.78, 5) is 18.2. The number of aryl methyl sites for hydroxylation is 2. The summed E-state index contributed by atoms with van der Waals surface area (Å²) in [6.07, 6.45) is 1.69. The first-order valence-corrected chi connectivity index (χ1v) is 8.14. The van der Waals surface area contributed by atoms with E-state index in [1.165, 1.54) is 6.07 Å². The second-order valence-corrected chi connectivity index (χ2v) is 6.13. The summed E-state index contributed by atoms with van der Waals surface area (Å²) in [5.41, 5.74) is 7.09. The van der Waals surface area contributed by atoms with Gasteiger partial charge in [-0.3, -0.25) is 9.78 Å². The minimum atomic E-state index is -0.220. The van der Waals surface area contributed by atoms with Crippen LogP contribution in [0.15, 0.2) is 46.3 Å². The number of aromatic nitrogens is 3. The first-order chi connectivity index (χ1) is 12.0. The molecule has 7 heteroatoms. The second-order valence-electron chi connectivity index (χ2n) is 5.72. The Morgan fingerprint density at radius 2 is 2.00 bits per heavy atom. The first-order valence-electron chi connectivity index (χ1n) is 7.76. The van der Waals surface area contributed by atoms with Gasteiger partial charge in [0.25, 0.3) is 5.56 Å². The van der Waals surface area contributed by atoms with Crippen molar-refractivity contribution in [1.82, 2.24) is 14.5 Å². The van der Waals surface area contributed by atoms with Crippen molar-refractivity contribution in [3.8, 4) is 5.69 Å². The Morgan fingerprint density at radius 1 is 1.24 bits per heavy atom. The highest BCUT2D eigenvalue weighted by atomic mass is 35.5. The molecule has 0 aliphatic rings. The molecule has 2 N–H and O–H groups in total. The highest BCUT2D eigenvalue weighted by Gasteiger charge is 2.11. The Kier molecular flexibility index (Phi) is 4.72. The number of nitrogens with one attached hydrogen (secondary N) is 2. The van der Waals surface area contributed by atoms with Gasteiger partial charge in [-0.05, 0) is 39.0 Å². The summed E-state index contributed by atoms with van der Waals surface area (Å²) in [5, 5.41) is 4.86. The lowest BCUT2D eigenvalue weighted by molar-refractivity contribution is 0.965. The van der Waals surface area contributed by atoms with E-state index in [0.29, 0.717) is 16.7 Å². The molecule has 0 fully saturated rings. The zero-order valence-corrected chi connectivity index (χ0v) is 14.9. The van der Waals surface area contributed by atoms with Crippen molar-refractivity contribution in [3.05, 3.63) is 74.4 Å². The van der Waals surface area contributed by atoms with E-state index in [4.69, 9.17) is 11.6 Å². The van der Waals surface area contributed by atoms with Crippen LogP contribution in [0.4, 0.5) is 5.95 Å². The smallest absolute Gasteiger partial charge is 0.252 e. The number of rotatable bonds is 4. The van der Waals surface area contributed by atoms with Crippen molar-refractivity contribution >= 4 is 23.8 Å². The van der Waals surface area contributed by atoms with Gasteiger partial charge in [0.05, 0.1) is 16.9 Å². The molecule has 0 saturated carbocycles. The average Bonchev–Trinajstić information content (AvgIpc) is 2.81. The molecule has 2 aromatic heterocycles. The Labute approximate surface area is 150 Å². The summed E-state index contributed by atoms with van der Waals surface area (Å²) in [5.74, 6) is 0.307. The number of hydrazone groups is 1. The van der Waals surface area contributed by atoms with Crippen molar-refractivity contribution in [2.24, 2.45) is 5.10 Å². The number of halogens is 1. The van der Waals surface area contributed by atoms with Gasteiger partial charge in [0.15, 0.2) is 0 Å². The van der Waals surface area contributed by atoms with E-state index < -0.39 is 0 Å². The average molecular weight is 356 g/mol. The van der Waals surface area contributed by atoms with Crippen LogP contribution >= 0.6 is 11.6 Å². The quantitative estimate of drug-likeness (QED) is 0.554. The third kappa shape index (κ3) is 3.64. The van der Waals surface area contributed by atoms with E-state index in [1.807, 2.05) is 44.2 Å². The molecule has 0 radical (unpaired) electrons. The summed E-state index contributed by atoms with van der Waals surface area (Å²) in [7, 11) is 0. The molecule has 3 rings (SSSR count). The first kappa shape index (κ1) is 17.0. The number of hydrogen-bond acceptors (Lipinski definition) is 4. The number of anilines is 1. The van der Waals surface area contributed by atoms with Gasteiger partial charge in [0, 0.05) is 28.7 Å². The number of benzene rings is 1. The molecule has 0 aliphatic heterocycles. The number of nitrogens with zero attached hydrogens (tertiary/aromatic N) is 3. The van der Waals surface area contributed by atoms with Gasteiger partial charge in [-0.15, -0.1) is 0 Å². The van der Waals surface area contributed by atoms with Gasteiger partial charge in [-0.2, -0.15) is 5.10 Å². The Bertz CT molecular complexity index is 1000. The third-order valence-electron chi connectivity index (χ3n) is 3.81. The monoisotopic (exact) mass is 355 g/mol. The van der Waals surface area contributed by atoms with Gasteiger partial charge < -0.3 is 4.57 Å². The van der Waals surface area contributed by atoms with Gasteiger partial charge in [0.2, 0.25) is 5.95 Å². The van der Waals surface area contributed by atoms with E-state index in [-0.39, 0.29) is 5.56 Å². The Balaban J connectivity index is 1.88. The summed E-state index contributed by atoms with van der Waals surface area (Å²) in [6, 6.07) is 11.1. The zero-order valence-electron chi connectivity index (χ0n) is 14.2. The number of H-pyrrole nitrogens is 1. The fourth-order valence-electron chi connectivity index (χ4n) is 2.72. The van der Waals surface area contributed by atoms with E-state index >= 15 is 0 Å². The molecule has 25 heavy (non-hydrogen) atoms. The molecule has 0 bridgehead atoms. The number of hydrogen-bond donors (Lipinski definition) is 2. The highest BCUT2D eigenvalue weighted by molar-refractivity contribution is 6.32. The highest BCUT2D eigenvalue weighted by Crippen LogP contribution is 2.25. The standard InChI is InChI=1S/C18H18ClN5O/c1-11-8-17(25)22-18(21-11)23-20-10-14-9-12(2)24(13(14)3)16-7-5-4-6-15(16)19/h4-10H,1-3H3,(H2,21,22,23,25)/b20-10+. The lowest BCUT2D eigenvalue weighted by atomic mass is 10.2. The van der Waals surface area contributed by atoms with Crippen molar-refractivity contribution in [2.45, 2.75) is 20.8 Å². The van der Waals surface area contributed by atoms with E-state index in [9.17, 15) is 4.79 Å². The summed E-state index contributed by atoms with van der Waals surface area (Å²) in [6.45, 7) is 5.77. The number of aromatic amines is 1. The predicted octanol–water partition coefficient (Wildman–Crippen LogP) is 3.59. The normalized spacial score (nSPS) is 11.2. The molecule has 0 unspecified atom stereocenters. The van der Waals surface area contributed by atoms with Crippen LogP contribution in [0.25, 0.3) is 5.69 Å². The largest absolute Gasteiger partial charge is 0.316 e. The van der Waals surface area contributed by atoms with Crippen LogP contribution in [0, 0.1) is 20.8 Å². The fraction of sp³-hybridized carbons (Fsp3) is 0.167. The van der Waals surface area contributed by atoms with Crippen LogP contribution < -0.4 is 11.0 Å². The molecule has 0 atom stereocenters. The van der Waals surface area contributed by atoms with Crippen LogP contribution in [-0.4, -0.2) is 20.7 Å². The van der Waals surface area contributed by atoms with Crippen molar-refractivity contribution < 1.29 is 0 Å². The Morgan fingerprint density at radius 3 is 2.72 bits per heavy atom. The molecule has 3 aromatic rings. The molecule has 0 saturated heterocycles. The fourth-order valence-corrected chi connectivity index (χ4v) is 2.94. The van der Waals surface area contributed by atoms with Crippen molar-refractivity contribution in [3.63, 3.8) is 0 Å². The minimum Gasteiger partial charge on any atom is -0.316 e. The maximum absolute atomic E-state index is 11.4. The molecular formula is C18H18ClN5O. The van der Waals surface area contributed by atoms with Gasteiger partial charge in [-0.25, -0.2) is 10.4 Å². The molecule has 0 aliphatic carbocycles. The lowest BCUT2D eigenvalue weighted by Crippen LogP contribution is -2.10. The van der Waals surface area contributed by atoms with Gasteiger partial charge in [-0.1, -0.05) is 23.7 Å². The van der Waals surface area contributed by atoms with E-state index in [2.05, 4.69) is 25.1 Å². The van der Waals surface area contributed by atoms with Crippen LogP contribution in [0.1, 0.15) is 22.6 Å². The maximum Gasteiger partial charge on any atom is 0.252 e. The third-order valence-corrected chi connectivity index (χ3v) is 4.13. The van der Waals surface area contributed by atoms with E-state index in [0.717, 1.165) is 22.6 Å². The second kappa shape index (κ2) is 6.94. The summed E-state index contributed by atoms with van der Waals surface area (Å²) >= 11 is 6.32. The lowest BCUT2D eigenvalue weighted by Gasteiger charge is -2.11. The SMILES string of the molecule is Cc1cc(=O)[nH]c(N/N=C/c2cc(C)n(-c3ccccc3Cl)c2C)n1. The summed E-state index contributed by atoms with van der Waals surface area (Å²) < 4.78 is 2.08. The zero-order chi connectivity index (χ0) is 18.0. The number of para-hydroxylation sites is 1. The predicted molar refractivity (Wildman–Crippen MR) is 101 cm³/mol. The van der Waals surface area contributed by atoms with Crippen LogP contribution in [-0.2, 0) is 0 Å². The van der Waals surface area contributed by atoms with Crippen LogP contribution in [0.3, 0.4) is 0 Å². The molecule has 0 spiro atoms. The van der Waals surface area contributed by atoms with Gasteiger partial charge >= 0.3 is 0 Å². The molecule has 2 heterocycles.